The largest absolute Gasteiger partial charge is 0.356 e. The first-order valence-corrected chi connectivity index (χ1v) is 11.4. The molecule has 0 saturated carbocycles. The lowest BCUT2D eigenvalue weighted by Gasteiger charge is -2.35. The maximum atomic E-state index is 13.0. The lowest BCUT2D eigenvalue weighted by Crippen LogP contribution is -2.42. The van der Waals surface area contributed by atoms with Crippen molar-refractivity contribution in [2.45, 2.75) is 18.9 Å². The van der Waals surface area contributed by atoms with Gasteiger partial charge in [0.2, 0.25) is 0 Å². The smallest absolute Gasteiger partial charge is 0.257 e. The van der Waals surface area contributed by atoms with E-state index in [0.717, 1.165) is 53.8 Å². The number of pyridine rings is 1. The minimum Gasteiger partial charge on any atom is -0.356 e. The number of rotatable bonds is 5. The van der Waals surface area contributed by atoms with E-state index < -0.39 is 0 Å². The molecule has 1 aromatic carbocycles. The van der Waals surface area contributed by atoms with Gasteiger partial charge in [-0.1, -0.05) is 6.07 Å². The van der Waals surface area contributed by atoms with Crippen LogP contribution in [0.25, 0.3) is 22.0 Å². The molecule has 34 heavy (non-hydrogen) atoms. The van der Waals surface area contributed by atoms with Crippen molar-refractivity contribution < 1.29 is 4.79 Å². The predicted octanol–water partition coefficient (Wildman–Crippen LogP) is 3.21. The lowest BCUT2D eigenvalue weighted by atomic mass is 10.0. The predicted molar refractivity (Wildman–Crippen MR) is 133 cm³/mol. The number of piperidine rings is 1. The SMILES string of the molecule is CN(C)C1CCN(c2cc(C(=O)Nc3cc4cc(-c5cnn(C)c5)ccc4nn3)ccn2)CC1. The minimum absolute atomic E-state index is 0.233. The summed E-state index contributed by atoms with van der Waals surface area (Å²) in [6, 6.07) is 11.9. The zero-order chi connectivity index (χ0) is 23.7. The van der Waals surface area contributed by atoms with Crippen molar-refractivity contribution in [1.29, 1.82) is 0 Å². The van der Waals surface area contributed by atoms with Crippen molar-refractivity contribution >= 4 is 28.4 Å². The maximum absolute atomic E-state index is 13.0. The Morgan fingerprint density at radius 3 is 2.62 bits per heavy atom. The molecule has 9 heteroatoms. The number of fused-ring (bicyclic) bond motifs is 1. The van der Waals surface area contributed by atoms with Crippen LogP contribution in [0.15, 0.2) is 55.0 Å². The van der Waals surface area contributed by atoms with Crippen molar-refractivity contribution in [1.82, 2.24) is 29.9 Å². The summed E-state index contributed by atoms with van der Waals surface area (Å²) in [5, 5.41) is 16.5. The highest BCUT2D eigenvalue weighted by molar-refractivity contribution is 6.04. The van der Waals surface area contributed by atoms with Crippen molar-refractivity contribution in [3.63, 3.8) is 0 Å². The molecular weight excluding hydrogens is 428 g/mol. The Labute approximate surface area is 198 Å². The Bertz CT molecular complexity index is 1320. The molecule has 174 valence electrons. The summed E-state index contributed by atoms with van der Waals surface area (Å²) < 4.78 is 1.77. The highest BCUT2D eigenvalue weighted by Crippen LogP contribution is 2.25. The van der Waals surface area contributed by atoms with E-state index in [2.05, 4.69) is 49.5 Å². The number of carbonyl (C=O) groups excluding carboxylic acids is 1. The normalized spacial score (nSPS) is 14.6. The van der Waals surface area contributed by atoms with Gasteiger partial charge in [-0.25, -0.2) is 4.98 Å². The second-order valence-electron chi connectivity index (χ2n) is 8.94. The van der Waals surface area contributed by atoms with Gasteiger partial charge in [0.05, 0.1) is 11.7 Å². The minimum atomic E-state index is -0.233. The molecule has 0 atom stereocenters. The van der Waals surface area contributed by atoms with Gasteiger partial charge in [0.1, 0.15) is 5.82 Å². The first-order chi connectivity index (χ1) is 16.5. The highest BCUT2D eigenvalue weighted by Gasteiger charge is 2.22. The number of hydrogen-bond donors (Lipinski definition) is 1. The van der Waals surface area contributed by atoms with Crippen LogP contribution in [-0.2, 0) is 7.05 Å². The number of benzene rings is 1. The Kier molecular flexibility index (Phi) is 5.93. The van der Waals surface area contributed by atoms with E-state index in [1.54, 1.807) is 16.9 Å². The molecule has 1 aliphatic heterocycles. The van der Waals surface area contributed by atoms with Crippen LogP contribution < -0.4 is 10.2 Å². The Morgan fingerprint density at radius 1 is 1.06 bits per heavy atom. The summed E-state index contributed by atoms with van der Waals surface area (Å²) in [5.74, 6) is 1.01. The number of hydrogen-bond acceptors (Lipinski definition) is 7. The third-order valence-corrected chi connectivity index (χ3v) is 6.39. The average Bonchev–Trinajstić information content (AvgIpc) is 3.30. The fourth-order valence-corrected chi connectivity index (χ4v) is 4.39. The molecule has 0 unspecified atom stereocenters. The molecule has 9 nitrogen and oxygen atoms in total. The van der Waals surface area contributed by atoms with Crippen LogP contribution in [0.1, 0.15) is 23.2 Å². The standard InChI is InChI=1S/C25H28N8O/c1-31(2)21-7-10-33(11-8-21)24-14-18(6-9-26-24)25(34)28-23-13-19-12-17(4-5-22(19)29-30-23)20-15-27-32(3)16-20/h4-6,9,12-16,21H,7-8,10-11H2,1-3H3,(H,28,30,34). The van der Waals surface area contributed by atoms with E-state index in [0.29, 0.717) is 17.4 Å². The summed E-state index contributed by atoms with van der Waals surface area (Å²) in [5.41, 5.74) is 3.36. The van der Waals surface area contributed by atoms with Crippen LogP contribution in [0.5, 0.6) is 0 Å². The molecular formula is C25H28N8O. The molecule has 1 aliphatic rings. The van der Waals surface area contributed by atoms with E-state index in [1.165, 1.54) is 0 Å². The molecule has 5 rings (SSSR count). The van der Waals surface area contributed by atoms with E-state index in [-0.39, 0.29) is 5.91 Å². The van der Waals surface area contributed by atoms with Gasteiger partial charge >= 0.3 is 0 Å². The summed E-state index contributed by atoms with van der Waals surface area (Å²) >= 11 is 0. The van der Waals surface area contributed by atoms with Crippen LogP contribution in [0.4, 0.5) is 11.6 Å². The van der Waals surface area contributed by atoms with Crippen LogP contribution in [0.3, 0.4) is 0 Å². The van der Waals surface area contributed by atoms with Gasteiger partial charge in [-0.15, -0.1) is 10.2 Å². The Morgan fingerprint density at radius 2 is 1.88 bits per heavy atom. The number of anilines is 2. The number of nitrogens with zero attached hydrogens (tertiary/aromatic N) is 7. The monoisotopic (exact) mass is 456 g/mol. The van der Waals surface area contributed by atoms with Crippen molar-refractivity contribution in [2.75, 3.05) is 37.4 Å². The van der Waals surface area contributed by atoms with Gasteiger partial charge in [-0.3, -0.25) is 9.48 Å². The van der Waals surface area contributed by atoms with Crippen LogP contribution in [0.2, 0.25) is 0 Å². The van der Waals surface area contributed by atoms with Gasteiger partial charge in [0.15, 0.2) is 5.82 Å². The summed E-state index contributed by atoms with van der Waals surface area (Å²) in [4.78, 5) is 22.0. The van der Waals surface area contributed by atoms with E-state index in [1.807, 2.05) is 49.8 Å². The molecule has 4 aromatic rings. The highest BCUT2D eigenvalue weighted by atomic mass is 16.1. The molecule has 1 fully saturated rings. The molecule has 0 aliphatic carbocycles. The first-order valence-electron chi connectivity index (χ1n) is 11.4. The zero-order valence-corrected chi connectivity index (χ0v) is 19.6. The summed E-state index contributed by atoms with van der Waals surface area (Å²) in [7, 11) is 6.14. The van der Waals surface area contributed by atoms with Crippen molar-refractivity contribution in [3.8, 4) is 11.1 Å². The van der Waals surface area contributed by atoms with Crippen LogP contribution in [-0.4, -0.2) is 69.0 Å². The van der Waals surface area contributed by atoms with Gasteiger partial charge in [-0.05, 0) is 62.8 Å². The molecule has 0 spiro atoms. The lowest BCUT2D eigenvalue weighted by molar-refractivity contribution is 0.102. The number of amides is 1. The van der Waals surface area contributed by atoms with Gasteiger partial charge < -0.3 is 15.1 Å². The molecule has 0 radical (unpaired) electrons. The Hall–Kier alpha value is -3.85. The van der Waals surface area contributed by atoms with Crippen LogP contribution in [0, 0.1) is 0 Å². The molecule has 1 saturated heterocycles. The average molecular weight is 457 g/mol. The third kappa shape index (κ3) is 4.60. The first kappa shape index (κ1) is 22.0. The van der Waals surface area contributed by atoms with Gasteiger partial charge in [0, 0.05) is 55.1 Å². The number of aromatic nitrogens is 5. The molecule has 1 amide bonds. The fourth-order valence-electron chi connectivity index (χ4n) is 4.39. The number of aryl methyl sites for hydroxylation is 1. The number of nitrogens with one attached hydrogen (secondary N) is 1. The third-order valence-electron chi connectivity index (χ3n) is 6.39. The molecule has 3 aromatic heterocycles. The second kappa shape index (κ2) is 9.18. The molecule has 1 N–H and O–H groups in total. The second-order valence-corrected chi connectivity index (χ2v) is 8.94. The molecule has 4 heterocycles. The van der Waals surface area contributed by atoms with Crippen molar-refractivity contribution in [2.24, 2.45) is 7.05 Å². The maximum Gasteiger partial charge on any atom is 0.257 e. The molecule has 0 bridgehead atoms. The summed E-state index contributed by atoms with van der Waals surface area (Å²) in [6.07, 6.45) is 7.64. The van der Waals surface area contributed by atoms with E-state index in [9.17, 15) is 4.79 Å². The number of carbonyl (C=O) groups is 1. The topological polar surface area (TPSA) is 92.1 Å². The van der Waals surface area contributed by atoms with E-state index >= 15 is 0 Å². The van der Waals surface area contributed by atoms with Gasteiger partial charge in [0.25, 0.3) is 5.91 Å². The van der Waals surface area contributed by atoms with Gasteiger partial charge in [-0.2, -0.15) is 5.10 Å². The van der Waals surface area contributed by atoms with Crippen molar-refractivity contribution in [3.05, 3.63) is 60.6 Å². The quantitative estimate of drug-likeness (QED) is 0.493. The summed E-state index contributed by atoms with van der Waals surface area (Å²) in [6.45, 7) is 1.85. The van der Waals surface area contributed by atoms with Crippen LogP contribution >= 0.6 is 0 Å². The van der Waals surface area contributed by atoms with E-state index in [4.69, 9.17) is 0 Å². The Balaban J connectivity index is 1.32. The zero-order valence-electron chi connectivity index (χ0n) is 19.6. The fraction of sp³-hybridized carbons (Fsp3) is 0.320.